The van der Waals surface area contributed by atoms with E-state index >= 15 is 0 Å². The van der Waals surface area contributed by atoms with Crippen LogP contribution in [0, 0.1) is 11.3 Å². The first-order chi connectivity index (χ1) is 8.63. The van der Waals surface area contributed by atoms with Gasteiger partial charge in [0, 0.05) is 5.56 Å². The Kier molecular flexibility index (Phi) is 3.15. The topological polar surface area (TPSA) is 82.4 Å². The van der Waals surface area contributed by atoms with Crippen LogP contribution in [0.3, 0.4) is 0 Å². The van der Waals surface area contributed by atoms with E-state index in [9.17, 15) is 9.59 Å². The van der Waals surface area contributed by atoms with Crippen molar-refractivity contribution in [2.24, 2.45) is 0 Å². The number of benzene rings is 1. The number of amides is 3. The van der Waals surface area contributed by atoms with E-state index in [1.807, 2.05) is 6.07 Å². The summed E-state index contributed by atoms with van der Waals surface area (Å²) in [6.07, 6.45) is 0. The SMILES string of the molecule is COc1ccc(C#N)cc1CN1CC(=O)NC1=O. The molecule has 1 N–H and O–H groups in total. The second kappa shape index (κ2) is 4.75. The monoisotopic (exact) mass is 245 g/mol. The average molecular weight is 245 g/mol. The Labute approximate surface area is 104 Å². The summed E-state index contributed by atoms with van der Waals surface area (Å²) in [5, 5.41) is 11.0. The average Bonchev–Trinajstić information content (AvgIpc) is 2.67. The lowest BCUT2D eigenvalue weighted by Crippen LogP contribution is -2.27. The van der Waals surface area contributed by atoms with Crippen LogP contribution in [0.2, 0.25) is 0 Å². The number of nitriles is 1. The Morgan fingerprint density at radius 2 is 2.28 bits per heavy atom. The van der Waals surface area contributed by atoms with Crippen molar-refractivity contribution in [3.63, 3.8) is 0 Å². The maximum atomic E-state index is 11.4. The van der Waals surface area contributed by atoms with Crippen LogP contribution in [-0.2, 0) is 11.3 Å². The normalized spacial score (nSPS) is 14.3. The molecule has 0 atom stereocenters. The van der Waals surface area contributed by atoms with Crippen molar-refractivity contribution >= 4 is 11.9 Å². The van der Waals surface area contributed by atoms with E-state index in [2.05, 4.69) is 5.32 Å². The number of methoxy groups -OCH3 is 1. The largest absolute Gasteiger partial charge is 0.496 e. The van der Waals surface area contributed by atoms with Gasteiger partial charge in [-0.15, -0.1) is 0 Å². The van der Waals surface area contributed by atoms with Gasteiger partial charge in [0.1, 0.15) is 12.3 Å². The van der Waals surface area contributed by atoms with Crippen molar-refractivity contribution in [3.8, 4) is 11.8 Å². The predicted octanol–water partition coefficient (Wildman–Crippen LogP) is 0.619. The molecule has 1 saturated heterocycles. The molecule has 1 aliphatic rings. The Bertz CT molecular complexity index is 548. The smallest absolute Gasteiger partial charge is 0.324 e. The number of hydrogen-bond donors (Lipinski definition) is 1. The quantitative estimate of drug-likeness (QED) is 0.791. The van der Waals surface area contributed by atoms with Crippen LogP contribution in [0.4, 0.5) is 4.79 Å². The van der Waals surface area contributed by atoms with Gasteiger partial charge in [-0.3, -0.25) is 10.1 Å². The molecule has 1 fully saturated rings. The van der Waals surface area contributed by atoms with Gasteiger partial charge >= 0.3 is 6.03 Å². The van der Waals surface area contributed by atoms with Crippen LogP contribution < -0.4 is 10.1 Å². The van der Waals surface area contributed by atoms with Crippen LogP contribution in [-0.4, -0.2) is 30.5 Å². The van der Waals surface area contributed by atoms with Gasteiger partial charge in [0.15, 0.2) is 0 Å². The molecule has 3 amide bonds. The molecule has 1 heterocycles. The van der Waals surface area contributed by atoms with E-state index in [1.54, 1.807) is 18.2 Å². The van der Waals surface area contributed by atoms with Crippen molar-refractivity contribution in [2.75, 3.05) is 13.7 Å². The van der Waals surface area contributed by atoms with Crippen LogP contribution in [0.1, 0.15) is 11.1 Å². The number of nitrogens with zero attached hydrogens (tertiary/aromatic N) is 2. The number of hydrogen-bond acceptors (Lipinski definition) is 4. The van der Waals surface area contributed by atoms with E-state index in [4.69, 9.17) is 10.00 Å². The lowest BCUT2D eigenvalue weighted by molar-refractivity contribution is -0.118. The molecule has 6 nitrogen and oxygen atoms in total. The summed E-state index contributed by atoms with van der Waals surface area (Å²) >= 11 is 0. The lowest BCUT2D eigenvalue weighted by Gasteiger charge is -2.15. The minimum absolute atomic E-state index is 0.0266. The van der Waals surface area contributed by atoms with Crippen LogP contribution in [0.25, 0.3) is 0 Å². The highest BCUT2D eigenvalue weighted by Crippen LogP contribution is 2.22. The zero-order valence-corrected chi connectivity index (χ0v) is 9.77. The summed E-state index contributed by atoms with van der Waals surface area (Å²) in [5.74, 6) is 0.261. The van der Waals surface area contributed by atoms with Crippen LogP contribution in [0.15, 0.2) is 18.2 Å². The molecule has 0 unspecified atom stereocenters. The van der Waals surface area contributed by atoms with Crippen molar-refractivity contribution in [3.05, 3.63) is 29.3 Å². The Morgan fingerprint density at radius 3 is 2.83 bits per heavy atom. The van der Waals surface area contributed by atoms with Gasteiger partial charge < -0.3 is 9.64 Å². The Morgan fingerprint density at radius 1 is 1.50 bits per heavy atom. The molecule has 0 saturated carbocycles. The Hall–Kier alpha value is -2.55. The maximum absolute atomic E-state index is 11.4. The molecular formula is C12H11N3O3. The number of rotatable bonds is 3. The first-order valence-corrected chi connectivity index (χ1v) is 5.30. The van der Waals surface area contributed by atoms with Gasteiger partial charge in [-0.25, -0.2) is 4.79 Å². The summed E-state index contributed by atoms with van der Waals surface area (Å²) in [7, 11) is 1.51. The highest BCUT2D eigenvalue weighted by atomic mass is 16.5. The molecule has 0 aromatic heterocycles. The number of carbonyl (C=O) groups excluding carboxylic acids is 2. The summed E-state index contributed by atoms with van der Waals surface area (Å²) in [6.45, 7) is 0.259. The fourth-order valence-electron chi connectivity index (χ4n) is 1.79. The first-order valence-electron chi connectivity index (χ1n) is 5.30. The molecule has 0 radical (unpaired) electrons. The van der Waals surface area contributed by atoms with Crippen molar-refractivity contribution < 1.29 is 14.3 Å². The first kappa shape index (κ1) is 11.9. The van der Waals surface area contributed by atoms with E-state index in [0.717, 1.165) is 0 Å². The molecule has 0 spiro atoms. The Balaban J connectivity index is 2.25. The molecule has 92 valence electrons. The van der Waals surface area contributed by atoms with Gasteiger partial charge in [-0.1, -0.05) is 0 Å². The highest BCUT2D eigenvalue weighted by molar-refractivity contribution is 6.01. The molecule has 1 aromatic carbocycles. The third-order valence-corrected chi connectivity index (χ3v) is 2.64. The summed E-state index contributed by atoms with van der Waals surface area (Å²) in [5.41, 5.74) is 1.18. The molecule has 0 bridgehead atoms. The molecule has 2 rings (SSSR count). The van der Waals surface area contributed by atoms with E-state index in [1.165, 1.54) is 12.0 Å². The van der Waals surface area contributed by atoms with Gasteiger partial charge in [0.25, 0.3) is 0 Å². The second-order valence-corrected chi connectivity index (χ2v) is 3.85. The number of imide groups is 1. The molecule has 1 aliphatic heterocycles. The standard InChI is InChI=1S/C12H11N3O3/c1-18-10-3-2-8(5-13)4-9(10)6-15-7-11(16)14-12(15)17/h2-4H,6-7H2,1H3,(H,14,16,17). The van der Waals surface area contributed by atoms with E-state index in [0.29, 0.717) is 16.9 Å². The maximum Gasteiger partial charge on any atom is 0.324 e. The van der Waals surface area contributed by atoms with Gasteiger partial charge in [0.05, 0.1) is 25.3 Å². The van der Waals surface area contributed by atoms with Crippen molar-refractivity contribution in [1.82, 2.24) is 10.2 Å². The predicted molar refractivity (Wildman–Crippen MR) is 61.7 cm³/mol. The summed E-state index contributed by atoms with van der Waals surface area (Å²) in [6, 6.07) is 6.55. The number of nitrogens with one attached hydrogen (secondary N) is 1. The number of urea groups is 1. The zero-order chi connectivity index (χ0) is 13.1. The van der Waals surface area contributed by atoms with E-state index < -0.39 is 6.03 Å². The van der Waals surface area contributed by atoms with Crippen molar-refractivity contribution in [1.29, 1.82) is 5.26 Å². The van der Waals surface area contributed by atoms with Crippen LogP contribution in [0.5, 0.6) is 5.75 Å². The third kappa shape index (κ3) is 2.25. The molecular weight excluding hydrogens is 234 g/mol. The minimum Gasteiger partial charge on any atom is -0.496 e. The fraction of sp³-hybridized carbons (Fsp3) is 0.250. The minimum atomic E-state index is -0.426. The van der Waals surface area contributed by atoms with Gasteiger partial charge in [-0.05, 0) is 18.2 Å². The number of carbonyl (C=O) groups is 2. The third-order valence-electron chi connectivity index (χ3n) is 2.64. The van der Waals surface area contributed by atoms with Crippen molar-refractivity contribution in [2.45, 2.75) is 6.54 Å². The van der Waals surface area contributed by atoms with Gasteiger partial charge in [0.2, 0.25) is 5.91 Å². The van der Waals surface area contributed by atoms with Crippen LogP contribution >= 0.6 is 0 Å². The summed E-state index contributed by atoms with van der Waals surface area (Å²) < 4.78 is 5.16. The second-order valence-electron chi connectivity index (χ2n) is 3.85. The highest BCUT2D eigenvalue weighted by Gasteiger charge is 2.27. The lowest BCUT2D eigenvalue weighted by atomic mass is 10.1. The molecule has 18 heavy (non-hydrogen) atoms. The number of ether oxygens (including phenoxy) is 1. The molecule has 0 aliphatic carbocycles. The molecule has 6 heteroatoms. The fourth-order valence-corrected chi connectivity index (χ4v) is 1.79. The van der Waals surface area contributed by atoms with E-state index in [-0.39, 0.29) is 19.0 Å². The summed E-state index contributed by atoms with van der Waals surface area (Å²) in [4.78, 5) is 23.9. The zero-order valence-electron chi connectivity index (χ0n) is 9.77. The van der Waals surface area contributed by atoms with Gasteiger partial charge in [-0.2, -0.15) is 5.26 Å². The molecule has 1 aromatic rings.